The van der Waals surface area contributed by atoms with Gasteiger partial charge in [0.1, 0.15) is 0 Å². The highest BCUT2D eigenvalue weighted by Crippen LogP contribution is 2.34. The standard InChI is InChI=1S/C14H27NO/c1-6-11-8-7-9-12(10-11)13(16)14(2,3)15(4)5/h11-12H,6-10H2,1-5H3. The van der Waals surface area contributed by atoms with Crippen LogP contribution in [0.5, 0.6) is 0 Å². The number of Topliss-reactive ketones (excluding diaryl/α,β-unsaturated/α-hetero) is 1. The number of hydrogen-bond acceptors (Lipinski definition) is 2. The molecule has 1 aliphatic carbocycles. The fourth-order valence-corrected chi connectivity index (χ4v) is 2.62. The number of rotatable bonds is 4. The minimum absolute atomic E-state index is 0.302. The summed E-state index contributed by atoms with van der Waals surface area (Å²) < 4.78 is 0. The Morgan fingerprint density at radius 2 is 1.94 bits per heavy atom. The molecule has 0 aromatic carbocycles. The number of likely N-dealkylation sites (N-methyl/N-ethyl adjacent to an activating group) is 1. The van der Waals surface area contributed by atoms with E-state index in [1.807, 2.05) is 32.8 Å². The summed E-state index contributed by atoms with van der Waals surface area (Å²) in [4.78, 5) is 14.5. The minimum Gasteiger partial charge on any atom is -0.298 e. The first-order valence-electron chi connectivity index (χ1n) is 6.61. The zero-order chi connectivity index (χ0) is 12.3. The molecule has 2 heteroatoms. The molecule has 0 aliphatic heterocycles. The lowest BCUT2D eigenvalue weighted by molar-refractivity contribution is -0.133. The van der Waals surface area contributed by atoms with E-state index in [0.29, 0.717) is 11.7 Å². The summed E-state index contributed by atoms with van der Waals surface area (Å²) in [6.45, 7) is 6.34. The van der Waals surface area contributed by atoms with E-state index >= 15 is 0 Å². The van der Waals surface area contributed by atoms with Crippen molar-refractivity contribution in [1.82, 2.24) is 4.90 Å². The molecule has 2 atom stereocenters. The Morgan fingerprint density at radius 1 is 1.31 bits per heavy atom. The van der Waals surface area contributed by atoms with E-state index in [4.69, 9.17) is 0 Å². The predicted molar refractivity (Wildman–Crippen MR) is 68.5 cm³/mol. The van der Waals surface area contributed by atoms with Crippen molar-refractivity contribution in [3.8, 4) is 0 Å². The third kappa shape index (κ3) is 2.85. The monoisotopic (exact) mass is 225 g/mol. The van der Waals surface area contributed by atoms with Crippen molar-refractivity contribution in [2.24, 2.45) is 11.8 Å². The van der Waals surface area contributed by atoms with Gasteiger partial charge in [-0.25, -0.2) is 0 Å². The van der Waals surface area contributed by atoms with E-state index in [1.165, 1.54) is 19.3 Å². The van der Waals surface area contributed by atoms with Crippen molar-refractivity contribution >= 4 is 5.78 Å². The maximum Gasteiger partial charge on any atom is 0.155 e. The maximum absolute atomic E-state index is 12.5. The molecule has 0 spiro atoms. The zero-order valence-electron chi connectivity index (χ0n) is 11.5. The summed E-state index contributed by atoms with van der Waals surface area (Å²) >= 11 is 0. The van der Waals surface area contributed by atoms with Crippen LogP contribution in [0.2, 0.25) is 0 Å². The second kappa shape index (κ2) is 5.31. The minimum atomic E-state index is -0.305. The molecule has 1 saturated carbocycles. The van der Waals surface area contributed by atoms with E-state index in [2.05, 4.69) is 6.92 Å². The van der Waals surface area contributed by atoms with Crippen LogP contribution in [-0.2, 0) is 4.79 Å². The van der Waals surface area contributed by atoms with Gasteiger partial charge in [-0.05, 0) is 46.7 Å². The molecular weight excluding hydrogens is 198 g/mol. The molecule has 0 aromatic heterocycles. The normalized spacial score (nSPS) is 27.1. The van der Waals surface area contributed by atoms with Crippen LogP contribution in [0.4, 0.5) is 0 Å². The average Bonchev–Trinajstić information content (AvgIpc) is 2.27. The van der Waals surface area contributed by atoms with Gasteiger partial charge in [0.05, 0.1) is 5.54 Å². The molecule has 94 valence electrons. The third-order valence-electron chi connectivity index (χ3n) is 4.45. The van der Waals surface area contributed by atoms with Gasteiger partial charge in [-0.1, -0.05) is 26.2 Å². The second-order valence-electron chi connectivity index (χ2n) is 5.96. The lowest BCUT2D eigenvalue weighted by Crippen LogP contribution is -2.49. The van der Waals surface area contributed by atoms with Crippen LogP contribution in [0.25, 0.3) is 0 Å². The molecule has 0 radical (unpaired) electrons. The van der Waals surface area contributed by atoms with Crippen LogP contribution in [0.1, 0.15) is 52.9 Å². The SMILES string of the molecule is CCC1CCCC(C(=O)C(C)(C)N(C)C)C1. The van der Waals surface area contributed by atoms with Crippen molar-refractivity contribution < 1.29 is 4.79 Å². The Hall–Kier alpha value is -0.370. The number of hydrogen-bond donors (Lipinski definition) is 0. The van der Waals surface area contributed by atoms with Crippen molar-refractivity contribution in [2.75, 3.05) is 14.1 Å². The summed E-state index contributed by atoms with van der Waals surface area (Å²) in [6, 6.07) is 0. The molecule has 16 heavy (non-hydrogen) atoms. The van der Waals surface area contributed by atoms with Crippen molar-refractivity contribution in [2.45, 2.75) is 58.4 Å². The Labute approximate surface area is 100 Å². The maximum atomic E-state index is 12.5. The summed E-state index contributed by atoms with van der Waals surface area (Å²) in [6.07, 6.45) is 6.01. The fourth-order valence-electron chi connectivity index (χ4n) is 2.62. The lowest BCUT2D eigenvalue weighted by atomic mass is 9.74. The number of ketones is 1. The van der Waals surface area contributed by atoms with Crippen LogP contribution in [0.3, 0.4) is 0 Å². The van der Waals surface area contributed by atoms with Crippen LogP contribution >= 0.6 is 0 Å². The summed E-state index contributed by atoms with van der Waals surface area (Å²) in [5.41, 5.74) is -0.305. The average molecular weight is 225 g/mol. The van der Waals surface area contributed by atoms with Crippen molar-refractivity contribution in [3.05, 3.63) is 0 Å². The van der Waals surface area contributed by atoms with Crippen LogP contribution in [-0.4, -0.2) is 30.3 Å². The molecule has 1 rings (SSSR count). The molecule has 0 saturated heterocycles. The fraction of sp³-hybridized carbons (Fsp3) is 0.929. The lowest BCUT2D eigenvalue weighted by Gasteiger charge is -2.37. The number of carbonyl (C=O) groups excluding carboxylic acids is 1. The van der Waals surface area contributed by atoms with Crippen molar-refractivity contribution in [3.63, 3.8) is 0 Å². The van der Waals surface area contributed by atoms with E-state index in [9.17, 15) is 4.79 Å². The topological polar surface area (TPSA) is 20.3 Å². The first-order chi connectivity index (χ1) is 7.39. The molecule has 2 unspecified atom stereocenters. The van der Waals surface area contributed by atoms with E-state index in [-0.39, 0.29) is 5.54 Å². The van der Waals surface area contributed by atoms with E-state index in [1.54, 1.807) is 0 Å². The first-order valence-corrected chi connectivity index (χ1v) is 6.61. The predicted octanol–water partition coefficient (Wildman–Crippen LogP) is 3.11. The van der Waals surface area contributed by atoms with E-state index < -0.39 is 0 Å². The van der Waals surface area contributed by atoms with Gasteiger partial charge < -0.3 is 0 Å². The molecule has 1 aliphatic rings. The summed E-state index contributed by atoms with van der Waals surface area (Å²) in [7, 11) is 4.00. The van der Waals surface area contributed by atoms with Crippen LogP contribution in [0, 0.1) is 11.8 Å². The van der Waals surface area contributed by atoms with Gasteiger partial charge in [-0.15, -0.1) is 0 Å². The van der Waals surface area contributed by atoms with Crippen molar-refractivity contribution in [1.29, 1.82) is 0 Å². The Kier molecular flexibility index (Phi) is 4.54. The van der Waals surface area contributed by atoms with Gasteiger partial charge in [-0.3, -0.25) is 9.69 Å². The first kappa shape index (κ1) is 13.7. The Balaban J connectivity index is 2.66. The van der Waals surface area contributed by atoms with Gasteiger partial charge in [0.15, 0.2) is 5.78 Å². The molecule has 2 nitrogen and oxygen atoms in total. The highest BCUT2D eigenvalue weighted by molar-refractivity contribution is 5.89. The highest BCUT2D eigenvalue weighted by Gasteiger charge is 2.37. The third-order valence-corrected chi connectivity index (χ3v) is 4.45. The summed E-state index contributed by atoms with van der Waals surface area (Å²) in [5.74, 6) is 1.52. The molecule has 1 fully saturated rings. The second-order valence-corrected chi connectivity index (χ2v) is 5.96. The summed E-state index contributed by atoms with van der Waals surface area (Å²) in [5, 5.41) is 0. The zero-order valence-corrected chi connectivity index (χ0v) is 11.5. The molecule has 0 amide bonds. The van der Waals surface area contributed by atoms with Gasteiger partial charge in [-0.2, -0.15) is 0 Å². The van der Waals surface area contributed by atoms with Gasteiger partial charge in [0.25, 0.3) is 0 Å². The van der Waals surface area contributed by atoms with Gasteiger partial charge in [0.2, 0.25) is 0 Å². The Morgan fingerprint density at radius 3 is 2.44 bits per heavy atom. The van der Waals surface area contributed by atoms with Crippen LogP contribution < -0.4 is 0 Å². The molecule has 0 aromatic rings. The highest BCUT2D eigenvalue weighted by atomic mass is 16.1. The largest absolute Gasteiger partial charge is 0.298 e. The molecule has 0 N–H and O–H groups in total. The van der Waals surface area contributed by atoms with Gasteiger partial charge in [0, 0.05) is 5.92 Å². The number of nitrogens with zero attached hydrogens (tertiary/aromatic N) is 1. The molecule has 0 bridgehead atoms. The van der Waals surface area contributed by atoms with Gasteiger partial charge >= 0.3 is 0 Å². The Bertz CT molecular complexity index is 245. The quantitative estimate of drug-likeness (QED) is 0.732. The molecular formula is C14H27NO. The number of carbonyl (C=O) groups is 1. The van der Waals surface area contributed by atoms with Crippen LogP contribution in [0.15, 0.2) is 0 Å². The van der Waals surface area contributed by atoms with E-state index in [0.717, 1.165) is 18.8 Å². The smallest absolute Gasteiger partial charge is 0.155 e. The molecule has 0 heterocycles.